The van der Waals surface area contributed by atoms with Gasteiger partial charge in [-0.2, -0.15) is 10.1 Å². The molecule has 2 amide bonds. The zero-order valence-corrected chi connectivity index (χ0v) is 17.4. The van der Waals surface area contributed by atoms with E-state index >= 15 is 0 Å². The highest BCUT2D eigenvalue weighted by Crippen LogP contribution is 2.38. The Balaban J connectivity index is 1.59. The van der Waals surface area contributed by atoms with Crippen LogP contribution in [-0.2, 0) is 0 Å². The molecule has 0 saturated carbocycles. The highest BCUT2D eigenvalue weighted by atomic mass is 16.6. The van der Waals surface area contributed by atoms with Gasteiger partial charge in [0.2, 0.25) is 5.75 Å². The van der Waals surface area contributed by atoms with E-state index in [4.69, 9.17) is 9.47 Å². The first-order valence-electron chi connectivity index (χ1n) is 9.60. The smallest absolute Gasteiger partial charge is 0.318 e. The van der Waals surface area contributed by atoms with E-state index < -0.39 is 33.0 Å². The molecule has 0 spiro atoms. The van der Waals surface area contributed by atoms with Crippen LogP contribution in [0.15, 0.2) is 65.8 Å². The number of hydrazone groups is 1. The van der Waals surface area contributed by atoms with Gasteiger partial charge in [0, 0.05) is 6.07 Å². The SMILES string of the molecule is COc1cc(/C=N\N2C(=O)c3ccccc3C2=O)ccc1Oc1ccc([N+](=O)[O-])cc1[N+](=O)[O-]. The van der Waals surface area contributed by atoms with Gasteiger partial charge < -0.3 is 9.47 Å². The summed E-state index contributed by atoms with van der Waals surface area (Å²) in [6.45, 7) is 0. The third kappa shape index (κ3) is 4.02. The van der Waals surface area contributed by atoms with Crippen LogP contribution in [0.2, 0.25) is 0 Å². The molecular formula is C22H14N4O8. The number of nitrogens with zero attached hydrogens (tertiary/aromatic N) is 4. The third-order valence-electron chi connectivity index (χ3n) is 4.85. The number of methoxy groups -OCH3 is 1. The summed E-state index contributed by atoms with van der Waals surface area (Å²) in [6, 6.07) is 13.8. The van der Waals surface area contributed by atoms with Crippen molar-refractivity contribution in [3.8, 4) is 17.2 Å². The summed E-state index contributed by atoms with van der Waals surface area (Å²) >= 11 is 0. The lowest BCUT2D eigenvalue weighted by atomic mass is 10.1. The van der Waals surface area contributed by atoms with Gasteiger partial charge in [-0.25, -0.2) is 0 Å². The Morgan fingerprint density at radius 1 is 0.853 bits per heavy atom. The minimum absolute atomic E-state index is 0.0948. The summed E-state index contributed by atoms with van der Waals surface area (Å²) in [5.74, 6) is -1.05. The first kappa shape index (κ1) is 22.1. The Bertz CT molecular complexity index is 1350. The molecule has 1 heterocycles. The van der Waals surface area contributed by atoms with Gasteiger partial charge in [0.25, 0.3) is 17.5 Å². The number of hydrogen-bond acceptors (Lipinski definition) is 9. The molecule has 0 fully saturated rings. The Hall–Kier alpha value is -5.13. The summed E-state index contributed by atoms with van der Waals surface area (Å²) in [4.78, 5) is 45.5. The van der Waals surface area contributed by atoms with Crippen molar-refractivity contribution in [3.63, 3.8) is 0 Å². The second-order valence-corrected chi connectivity index (χ2v) is 6.89. The van der Waals surface area contributed by atoms with Crippen LogP contribution < -0.4 is 9.47 Å². The molecule has 0 aromatic heterocycles. The highest BCUT2D eigenvalue weighted by molar-refractivity contribution is 6.21. The summed E-state index contributed by atoms with van der Waals surface area (Å²) < 4.78 is 10.9. The molecule has 0 N–H and O–H groups in total. The maximum absolute atomic E-state index is 12.4. The quantitative estimate of drug-likeness (QED) is 0.221. The predicted octanol–water partition coefficient (Wildman–Crippen LogP) is 3.93. The molecule has 170 valence electrons. The predicted molar refractivity (Wildman–Crippen MR) is 117 cm³/mol. The molecule has 1 aliphatic heterocycles. The number of amides is 2. The summed E-state index contributed by atoms with van der Waals surface area (Å²) in [5.41, 5.74) is -0.0801. The van der Waals surface area contributed by atoms with E-state index in [-0.39, 0.29) is 28.4 Å². The lowest BCUT2D eigenvalue weighted by Gasteiger charge is -2.11. The highest BCUT2D eigenvalue weighted by Gasteiger charge is 2.35. The third-order valence-corrected chi connectivity index (χ3v) is 4.85. The maximum atomic E-state index is 12.4. The molecule has 12 nitrogen and oxygen atoms in total. The summed E-state index contributed by atoms with van der Waals surface area (Å²) in [5, 5.41) is 27.0. The topological polar surface area (TPSA) is 154 Å². The Morgan fingerprint density at radius 3 is 2.09 bits per heavy atom. The Labute approximate surface area is 190 Å². The molecule has 0 bridgehead atoms. The average molecular weight is 462 g/mol. The van der Waals surface area contributed by atoms with Gasteiger partial charge in [-0.1, -0.05) is 12.1 Å². The van der Waals surface area contributed by atoms with Gasteiger partial charge >= 0.3 is 5.69 Å². The van der Waals surface area contributed by atoms with E-state index in [2.05, 4.69) is 5.10 Å². The number of rotatable bonds is 7. The molecule has 1 aliphatic rings. The van der Waals surface area contributed by atoms with Gasteiger partial charge in [0.1, 0.15) is 0 Å². The molecule has 12 heteroatoms. The van der Waals surface area contributed by atoms with E-state index in [0.29, 0.717) is 5.56 Å². The summed E-state index contributed by atoms with van der Waals surface area (Å²) in [7, 11) is 1.34. The van der Waals surface area contributed by atoms with Gasteiger partial charge in [0.15, 0.2) is 11.5 Å². The van der Waals surface area contributed by atoms with Crippen LogP contribution in [0.3, 0.4) is 0 Å². The van der Waals surface area contributed by atoms with Crippen LogP contribution in [0, 0.1) is 20.2 Å². The van der Waals surface area contributed by atoms with Crippen molar-refractivity contribution >= 4 is 29.4 Å². The second kappa shape index (κ2) is 8.78. The van der Waals surface area contributed by atoms with E-state index in [1.807, 2.05) is 0 Å². The van der Waals surface area contributed by atoms with Gasteiger partial charge in [0.05, 0.1) is 40.4 Å². The fraction of sp³-hybridized carbons (Fsp3) is 0.0455. The van der Waals surface area contributed by atoms with Crippen LogP contribution >= 0.6 is 0 Å². The molecule has 0 atom stereocenters. The molecule has 0 aliphatic carbocycles. The van der Waals surface area contributed by atoms with Crippen molar-refractivity contribution in [1.29, 1.82) is 0 Å². The van der Waals surface area contributed by atoms with Crippen LogP contribution in [-0.4, -0.2) is 40.0 Å². The standard InChI is InChI=1S/C22H14N4O8/c1-33-20-10-13(12-23-24-21(27)15-4-2-3-5-16(15)22(24)28)6-8-19(20)34-18-9-7-14(25(29)30)11-17(18)26(31)32/h2-12H,1H3/b23-12-. The van der Waals surface area contributed by atoms with Crippen molar-refractivity contribution in [3.05, 3.63) is 97.6 Å². The number of fused-ring (bicyclic) bond motifs is 1. The van der Waals surface area contributed by atoms with Gasteiger partial charge in [-0.05, 0) is 42.0 Å². The van der Waals surface area contributed by atoms with E-state index in [9.17, 15) is 29.8 Å². The van der Waals surface area contributed by atoms with Crippen molar-refractivity contribution in [2.24, 2.45) is 5.10 Å². The van der Waals surface area contributed by atoms with Crippen molar-refractivity contribution in [2.75, 3.05) is 7.11 Å². The molecular weight excluding hydrogens is 448 g/mol. The number of carbonyl (C=O) groups excluding carboxylic acids is 2. The largest absolute Gasteiger partial charge is 0.493 e. The second-order valence-electron chi connectivity index (χ2n) is 6.89. The monoisotopic (exact) mass is 462 g/mol. The molecule has 0 radical (unpaired) electrons. The van der Waals surface area contributed by atoms with E-state index in [0.717, 1.165) is 23.2 Å². The van der Waals surface area contributed by atoms with Crippen molar-refractivity contribution in [1.82, 2.24) is 5.01 Å². The van der Waals surface area contributed by atoms with Gasteiger partial charge in [-0.15, -0.1) is 0 Å². The first-order chi connectivity index (χ1) is 16.3. The lowest BCUT2D eigenvalue weighted by Crippen LogP contribution is -2.23. The van der Waals surface area contributed by atoms with Crippen LogP contribution in [0.5, 0.6) is 17.2 Å². The number of ether oxygens (including phenoxy) is 2. The number of benzene rings is 3. The number of carbonyl (C=O) groups is 2. The zero-order valence-electron chi connectivity index (χ0n) is 17.4. The molecule has 34 heavy (non-hydrogen) atoms. The van der Waals surface area contributed by atoms with E-state index in [1.54, 1.807) is 12.1 Å². The first-order valence-corrected chi connectivity index (χ1v) is 9.60. The van der Waals surface area contributed by atoms with E-state index in [1.165, 1.54) is 43.7 Å². The maximum Gasteiger partial charge on any atom is 0.318 e. The average Bonchev–Trinajstić information content (AvgIpc) is 3.08. The Morgan fingerprint density at radius 2 is 1.50 bits per heavy atom. The number of non-ortho nitro benzene ring substituents is 1. The van der Waals surface area contributed by atoms with Crippen molar-refractivity contribution < 1.29 is 28.9 Å². The van der Waals surface area contributed by atoms with Crippen molar-refractivity contribution in [2.45, 2.75) is 0 Å². The lowest BCUT2D eigenvalue weighted by molar-refractivity contribution is -0.394. The van der Waals surface area contributed by atoms with Crippen LogP contribution in [0.4, 0.5) is 11.4 Å². The minimum atomic E-state index is -0.794. The molecule has 3 aromatic rings. The normalized spacial score (nSPS) is 12.7. The van der Waals surface area contributed by atoms with Crippen LogP contribution in [0.25, 0.3) is 0 Å². The fourth-order valence-corrected chi connectivity index (χ4v) is 3.22. The zero-order chi connectivity index (χ0) is 24.4. The fourth-order valence-electron chi connectivity index (χ4n) is 3.22. The molecule has 3 aromatic carbocycles. The number of nitro groups is 2. The molecule has 0 unspecified atom stereocenters. The van der Waals surface area contributed by atoms with Gasteiger partial charge in [-0.3, -0.25) is 29.8 Å². The molecule has 4 rings (SSSR count). The number of nitro benzene ring substituents is 2. The Kier molecular flexibility index (Phi) is 5.70. The van der Waals surface area contributed by atoms with Crippen LogP contribution in [0.1, 0.15) is 26.3 Å². The number of imide groups is 1. The molecule has 0 saturated heterocycles. The minimum Gasteiger partial charge on any atom is -0.493 e. The number of hydrogen-bond donors (Lipinski definition) is 0. The summed E-state index contributed by atoms with van der Waals surface area (Å²) in [6.07, 6.45) is 1.28.